The first-order valence-corrected chi connectivity index (χ1v) is 18.3. The summed E-state index contributed by atoms with van der Waals surface area (Å²) >= 11 is 1.87. The molecule has 2 heterocycles. The number of para-hydroxylation sites is 2. The zero-order valence-electron chi connectivity index (χ0n) is 27.6. The lowest BCUT2D eigenvalue weighted by Gasteiger charge is -2.28. The monoisotopic (exact) mass is 666 g/mol. The number of anilines is 3. The maximum Gasteiger partial charge on any atom is 0.0561 e. The lowest BCUT2D eigenvalue weighted by atomic mass is 9.95. The van der Waals surface area contributed by atoms with Crippen molar-refractivity contribution < 1.29 is 0 Å². The lowest BCUT2D eigenvalue weighted by Crippen LogP contribution is -2.11. The van der Waals surface area contributed by atoms with E-state index in [0.29, 0.717) is 0 Å². The second kappa shape index (κ2) is 11.0. The Labute approximate surface area is 298 Å². The number of fused-ring (bicyclic) bond motifs is 11. The minimum Gasteiger partial charge on any atom is -0.310 e. The van der Waals surface area contributed by atoms with Crippen LogP contribution in [0.25, 0.3) is 80.0 Å². The molecular formula is C48H30N2S. The zero-order valence-corrected chi connectivity index (χ0v) is 28.4. The molecule has 0 amide bonds. The van der Waals surface area contributed by atoms with E-state index in [9.17, 15) is 0 Å². The molecule has 0 saturated carbocycles. The highest BCUT2D eigenvalue weighted by molar-refractivity contribution is 7.25. The third-order valence-electron chi connectivity index (χ3n) is 10.5. The third-order valence-corrected chi connectivity index (χ3v) is 11.7. The molecule has 238 valence electrons. The Morgan fingerprint density at radius 1 is 0.353 bits per heavy atom. The molecule has 11 rings (SSSR count). The molecule has 0 fully saturated rings. The fourth-order valence-electron chi connectivity index (χ4n) is 8.26. The van der Waals surface area contributed by atoms with Gasteiger partial charge in [-0.1, -0.05) is 127 Å². The van der Waals surface area contributed by atoms with Crippen LogP contribution in [0.15, 0.2) is 182 Å². The van der Waals surface area contributed by atoms with Gasteiger partial charge in [0.1, 0.15) is 0 Å². The molecule has 11 aromatic rings. The Hall–Kier alpha value is -6.42. The lowest BCUT2D eigenvalue weighted by molar-refractivity contribution is 1.18. The fraction of sp³-hybridized carbons (Fsp3) is 0. The number of benzene rings is 9. The third kappa shape index (κ3) is 4.29. The van der Waals surface area contributed by atoms with Gasteiger partial charge in [-0.3, -0.25) is 0 Å². The van der Waals surface area contributed by atoms with Crippen LogP contribution in [0.2, 0.25) is 0 Å². The zero-order chi connectivity index (χ0) is 33.5. The van der Waals surface area contributed by atoms with Gasteiger partial charge in [-0.15, -0.1) is 11.3 Å². The second-order valence-electron chi connectivity index (χ2n) is 13.3. The molecule has 9 aromatic carbocycles. The Balaban J connectivity index is 1.26. The molecule has 51 heavy (non-hydrogen) atoms. The summed E-state index contributed by atoms with van der Waals surface area (Å²) in [5.74, 6) is 0. The van der Waals surface area contributed by atoms with Gasteiger partial charge in [0.2, 0.25) is 0 Å². The van der Waals surface area contributed by atoms with E-state index >= 15 is 0 Å². The number of thiophene rings is 1. The van der Waals surface area contributed by atoms with Crippen molar-refractivity contribution in [3.05, 3.63) is 182 Å². The number of rotatable bonds is 4. The van der Waals surface area contributed by atoms with Crippen molar-refractivity contribution in [2.45, 2.75) is 0 Å². The highest BCUT2D eigenvalue weighted by Gasteiger charge is 2.21. The van der Waals surface area contributed by atoms with Gasteiger partial charge >= 0.3 is 0 Å². The summed E-state index contributed by atoms with van der Waals surface area (Å²) in [5, 5.41) is 12.6. The van der Waals surface area contributed by atoms with E-state index in [1.165, 1.54) is 74.3 Å². The van der Waals surface area contributed by atoms with Gasteiger partial charge in [-0.05, 0) is 81.5 Å². The summed E-state index contributed by atoms with van der Waals surface area (Å²) < 4.78 is 5.01. The van der Waals surface area contributed by atoms with E-state index in [1.807, 2.05) is 11.3 Å². The average molecular weight is 667 g/mol. The highest BCUT2D eigenvalue weighted by atomic mass is 32.1. The number of aromatic nitrogens is 1. The van der Waals surface area contributed by atoms with Crippen molar-refractivity contribution in [3.63, 3.8) is 0 Å². The first kappa shape index (κ1) is 28.4. The van der Waals surface area contributed by atoms with Crippen molar-refractivity contribution in [3.8, 4) is 5.69 Å². The molecule has 2 nitrogen and oxygen atoms in total. The van der Waals surface area contributed by atoms with E-state index < -0.39 is 0 Å². The van der Waals surface area contributed by atoms with Gasteiger partial charge in [0.15, 0.2) is 0 Å². The van der Waals surface area contributed by atoms with Crippen LogP contribution in [-0.4, -0.2) is 4.57 Å². The summed E-state index contributed by atoms with van der Waals surface area (Å²) in [6, 6.07) is 66.9. The van der Waals surface area contributed by atoms with E-state index in [0.717, 1.165) is 22.7 Å². The summed E-state index contributed by atoms with van der Waals surface area (Å²) in [7, 11) is 0. The van der Waals surface area contributed by atoms with Gasteiger partial charge in [-0.2, -0.15) is 0 Å². The van der Waals surface area contributed by atoms with Crippen LogP contribution in [-0.2, 0) is 0 Å². The van der Waals surface area contributed by atoms with Crippen LogP contribution < -0.4 is 4.90 Å². The van der Waals surface area contributed by atoms with E-state index in [-0.39, 0.29) is 0 Å². The largest absolute Gasteiger partial charge is 0.310 e. The van der Waals surface area contributed by atoms with E-state index in [4.69, 9.17) is 0 Å². The summed E-state index contributed by atoms with van der Waals surface area (Å²) in [6.07, 6.45) is 0. The van der Waals surface area contributed by atoms with Crippen LogP contribution in [0, 0.1) is 0 Å². The number of hydrogen-bond donors (Lipinski definition) is 0. The van der Waals surface area contributed by atoms with Gasteiger partial charge < -0.3 is 9.47 Å². The quantitative estimate of drug-likeness (QED) is 0.170. The predicted octanol–water partition coefficient (Wildman–Crippen LogP) is 14.1. The standard InChI is InChI=1S/C48H30N2S/c1-2-13-32(14-3-1)50-44-20-10-8-18-39(44)40-26-23-33(28-45(40)50)49(34-24-27-42-41-19-9-11-21-47(41)51-48(42)29-34)46-30-43-35-15-5-4-12-31(35)22-25-37(43)36-16-6-7-17-38(36)46/h1-30H. The van der Waals surface area contributed by atoms with Gasteiger partial charge in [0, 0.05) is 53.4 Å². The van der Waals surface area contributed by atoms with Crippen molar-refractivity contribution >= 4 is 103 Å². The second-order valence-corrected chi connectivity index (χ2v) is 14.4. The van der Waals surface area contributed by atoms with Crippen LogP contribution in [0.4, 0.5) is 17.1 Å². The maximum atomic E-state index is 2.49. The van der Waals surface area contributed by atoms with Crippen LogP contribution in [0.5, 0.6) is 0 Å². The molecule has 0 aliphatic carbocycles. The van der Waals surface area contributed by atoms with Gasteiger partial charge in [0.05, 0.1) is 16.7 Å². The molecular weight excluding hydrogens is 637 g/mol. The fourth-order valence-corrected chi connectivity index (χ4v) is 9.40. The summed E-state index contributed by atoms with van der Waals surface area (Å²) in [6.45, 7) is 0. The topological polar surface area (TPSA) is 8.17 Å². The predicted molar refractivity (Wildman–Crippen MR) is 221 cm³/mol. The first-order valence-electron chi connectivity index (χ1n) is 17.4. The van der Waals surface area contributed by atoms with Gasteiger partial charge in [-0.25, -0.2) is 0 Å². The first-order chi connectivity index (χ1) is 25.3. The van der Waals surface area contributed by atoms with E-state index in [1.54, 1.807) is 0 Å². The Bertz CT molecular complexity index is 3150. The summed E-state index contributed by atoms with van der Waals surface area (Å²) in [5.41, 5.74) is 6.96. The van der Waals surface area contributed by atoms with E-state index in [2.05, 4.69) is 191 Å². The van der Waals surface area contributed by atoms with Gasteiger partial charge in [0.25, 0.3) is 0 Å². The molecule has 0 aliphatic heterocycles. The normalized spacial score (nSPS) is 11.9. The molecule has 0 saturated heterocycles. The summed E-state index contributed by atoms with van der Waals surface area (Å²) in [4.78, 5) is 2.49. The Morgan fingerprint density at radius 2 is 0.941 bits per heavy atom. The number of nitrogens with zero attached hydrogens (tertiary/aromatic N) is 2. The van der Waals surface area contributed by atoms with Crippen molar-refractivity contribution in [1.82, 2.24) is 4.57 Å². The Kier molecular flexibility index (Phi) is 6.16. The van der Waals surface area contributed by atoms with Crippen LogP contribution in [0.3, 0.4) is 0 Å². The van der Waals surface area contributed by atoms with Crippen molar-refractivity contribution in [2.75, 3.05) is 4.90 Å². The van der Waals surface area contributed by atoms with Crippen molar-refractivity contribution in [1.29, 1.82) is 0 Å². The Morgan fingerprint density at radius 3 is 1.80 bits per heavy atom. The highest BCUT2D eigenvalue weighted by Crippen LogP contribution is 2.46. The molecule has 0 atom stereocenters. The molecule has 0 bridgehead atoms. The molecule has 0 spiro atoms. The molecule has 3 heteroatoms. The smallest absolute Gasteiger partial charge is 0.0561 e. The minimum atomic E-state index is 1.12. The SMILES string of the molecule is c1ccc(-n2c3ccccc3c3ccc(N(c4ccc5c(c4)sc4ccccc45)c4cc5c6ccccc6ccc5c5ccccc45)cc32)cc1. The van der Waals surface area contributed by atoms with Crippen LogP contribution in [0.1, 0.15) is 0 Å². The van der Waals surface area contributed by atoms with Crippen LogP contribution >= 0.6 is 11.3 Å². The number of hydrogen-bond acceptors (Lipinski definition) is 2. The molecule has 0 unspecified atom stereocenters. The average Bonchev–Trinajstić information content (AvgIpc) is 3.73. The van der Waals surface area contributed by atoms with Crippen molar-refractivity contribution in [2.24, 2.45) is 0 Å². The molecule has 2 aromatic heterocycles. The molecule has 0 aliphatic rings. The molecule has 0 N–H and O–H groups in total. The minimum absolute atomic E-state index is 1.12. The molecule has 0 radical (unpaired) electrons. The maximum absolute atomic E-state index is 2.49.